The Hall–Kier alpha value is -2.65. The van der Waals surface area contributed by atoms with Crippen LogP contribution in [0.2, 0.25) is 5.02 Å². The third-order valence-electron chi connectivity index (χ3n) is 6.32. The van der Waals surface area contributed by atoms with Gasteiger partial charge in [-0.05, 0) is 57.3 Å². The first-order valence-electron chi connectivity index (χ1n) is 9.79. The highest BCUT2D eigenvalue weighted by Crippen LogP contribution is 2.42. The summed E-state index contributed by atoms with van der Waals surface area (Å²) in [5.74, 6) is 0.197. The van der Waals surface area contributed by atoms with E-state index in [0.717, 1.165) is 44.3 Å². The van der Waals surface area contributed by atoms with Gasteiger partial charge in [-0.3, -0.25) is 19.1 Å². The summed E-state index contributed by atoms with van der Waals surface area (Å²) in [6.45, 7) is 3.83. The first-order valence-corrected chi connectivity index (χ1v) is 10.2. The van der Waals surface area contributed by atoms with E-state index in [1.807, 2.05) is 6.92 Å². The number of amides is 1. The molecule has 0 saturated carbocycles. The predicted molar refractivity (Wildman–Crippen MR) is 109 cm³/mol. The number of piperidine rings is 1. The number of nitrogens with zero attached hydrogens (tertiary/aromatic N) is 4. The number of nitrogens with one attached hydrogen (secondary N) is 2. The maximum absolute atomic E-state index is 13.6. The number of aromatic nitrogens is 3. The number of nitrogen functional groups attached to an aromatic ring is 1. The Kier molecular flexibility index (Phi) is 4.08. The molecule has 3 aliphatic heterocycles. The van der Waals surface area contributed by atoms with Crippen molar-refractivity contribution >= 4 is 34.8 Å². The minimum Gasteiger partial charge on any atom is -0.382 e. The topological polar surface area (TPSA) is 118 Å². The van der Waals surface area contributed by atoms with Crippen molar-refractivity contribution in [2.45, 2.75) is 44.3 Å². The molecule has 0 aromatic carbocycles. The number of anilines is 3. The van der Waals surface area contributed by atoms with Crippen LogP contribution in [0.4, 0.5) is 17.3 Å². The first-order chi connectivity index (χ1) is 13.9. The number of hydrogen-bond acceptors (Lipinski definition) is 7. The fraction of sp³-hybridized carbons (Fsp3) is 0.474. The van der Waals surface area contributed by atoms with Crippen LogP contribution in [0.1, 0.15) is 41.7 Å². The molecule has 2 atom stereocenters. The van der Waals surface area contributed by atoms with Crippen LogP contribution in [0, 0.1) is 6.92 Å². The predicted octanol–water partition coefficient (Wildman–Crippen LogP) is 1.58. The zero-order valence-electron chi connectivity index (χ0n) is 16.0. The van der Waals surface area contributed by atoms with Gasteiger partial charge in [0.2, 0.25) is 0 Å². The summed E-state index contributed by atoms with van der Waals surface area (Å²) in [4.78, 5) is 36.8. The Morgan fingerprint density at radius 1 is 1.31 bits per heavy atom. The number of carbonyl (C=O) groups excluding carboxylic acids is 1. The number of nitrogens with two attached hydrogens (primary N) is 1. The number of carbonyl (C=O) groups is 1. The molecular formula is C19H22ClN7O2. The van der Waals surface area contributed by atoms with Crippen molar-refractivity contribution in [1.82, 2.24) is 24.8 Å². The third-order valence-corrected chi connectivity index (χ3v) is 6.70. The van der Waals surface area contributed by atoms with Gasteiger partial charge in [0.25, 0.3) is 11.5 Å². The van der Waals surface area contributed by atoms with Crippen LogP contribution in [-0.4, -0.2) is 44.5 Å². The lowest BCUT2D eigenvalue weighted by molar-refractivity contribution is 0.0332. The average Bonchev–Trinajstić information content (AvgIpc) is 3.28. The molecule has 3 aliphatic rings. The Balaban J connectivity index is 1.67. The second kappa shape index (κ2) is 6.43. The molecule has 2 aromatic heterocycles. The smallest absolute Gasteiger partial charge is 0.276 e. The molecule has 2 unspecified atom stereocenters. The van der Waals surface area contributed by atoms with E-state index in [4.69, 9.17) is 17.3 Å². The summed E-state index contributed by atoms with van der Waals surface area (Å²) in [6, 6.07) is 1.78. The van der Waals surface area contributed by atoms with E-state index >= 15 is 0 Å². The largest absolute Gasteiger partial charge is 0.382 e. The second-order valence-electron chi connectivity index (χ2n) is 7.95. The summed E-state index contributed by atoms with van der Waals surface area (Å²) < 4.78 is 1.67. The molecule has 5 heterocycles. The molecule has 0 radical (unpaired) electrons. The first kappa shape index (κ1) is 18.4. The maximum Gasteiger partial charge on any atom is 0.276 e. The number of halogens is 1. The van der Waals surface area contributed by atoms with Gasteiger partial charge in [0, 0.05) is 0 Å². The summed E-state index contributed by atoms with van der Waals surface area (Å²) >= 11 is 6.20. The van der Waals surface area contributed by atoms with Crippen LogP contribution in [0.3, 0.4) is 0 Å². The van der Waals surface area contributed by atoms with Crippen molar-refractivity contribution in [3.8, 4) is 0 Å². The molecule has 5 rings (SSSR count). The lowest BCUT2D eigenvalue weighted by Crippen LogP contribution is -2.62. The molecule has 10 heteroatoms. The number of hydrogen-bond donors (Lipinski definition) is 3. The molecule has 0 bridgehead atoms. The molecule has 1 amide bonds. The molecule has 2 aromatic rings. The minimum absolute atomic E-state index is 0.118. The molecule has 4 N–H and O–H groups in total. The molecule has 2 fully saturated rings. The average molecular weight is 416 g/mol. The normalized spacial score (nSPS) is 25.7. The highest BCUT2D eigenvalue weighted by molar-refractivity contribution is 6.35. The van der Waals surface area contributed by atoms with Gasteiger partial charge in [-0.25, -0.2) is 9.97 Å². The fourth-order valence-electron chi connectivity index (χ4n) is 5.17. The molecule has 9 nitrogen and oxygen atoms in total. The Bertz CT molecular complexity index is 1080. The minimum atomic E-state index is -0.713. The van der Waals surface area contributed by atoms with E-state index in [-0.39, 0.29) is 34.2 Å². The maximum atomic E-state index is 13.6. The zero-order chi connectivity index (χ0) is 20.3. The zero-order valence-corrected chi connectivity index (χ0v) is 16.8. The van der Waals surface area contributed by atoms with E-state index in [0.29, 0.717) is 11.4 Å². The Morgan fingerprint density at radius 3 is 2.93 bits per heavy atom. The number of fused-ring (bicyclic) bond motifs is 4. The lowest BCUT2D eigenvalue weighted by atomic mass is 9.89. The quantitative estimate of drug-likeness (QED) is 0.681. The standard InChI is InChI=1S/C19H22ClN7O2/c1-10-8-11(24-16-13(20)15(21)22-9-23-16)18(29)27-14(10)17(28)25-19(27)5-3-7-26-6-2-4-12(19)26/h8-9,12H,2-7H2,1H3,(H,25,28)(H3,21,22,23,24). The van der Waals surface area contributed by atoms with Gasteiger partial charge in [-0.2, -0.15) is 0 Å². The van der Waals surface area contributed by atoms with Crippen molar-refractivity contribution in [1.29, 1.82) is 0 Å². The number of aryl methyl sites for hydroxylation is 1. The molecule has 152 valence electrons. The van der Waals surface area contributed by atoms with Gasteiger partial charge in [0.15, 0.2) is 5.82 Å². The van der Waals surface area contributed by atoms with Crippen LogP contribution >= 0.6 is 11.6 Å². The van der Waals surface area contributed by atoms with E-state index in [2.05, 4.69) is 25.5 Å². The fourth-order valence-corrected chi connectivity index (χ4v) is 5.31. The van der Waals surface area contributed by atoms with Crippen molar-refractivity contribution in [2.75, 3.05) is 24.1 Å². The van der Waals surface area contributed by atoms with Gasteiger partial charge in [0.1, 0.15) is 34.2 Å². The van der Waals surface area contributed by atoms with Crippen LogP contribution in [0.15, 0.2) is 17.2 Å². The Labute approximate surface area is 172 Å². The van der Waals surface area contributed by atoms with Crippen molar-refractivity contribution in [3.63, 3.8) is 0 Å². The monoisotopic (exact) mass is 415 g/mol. The second-order valence-corrected chi connectivity index (χ2v) is 8.33. The summed E-state index contributed by atoms with van der Waals surface area (Å²) in [7, 11) is 0. The highest BCUT2D eigenvalue weighted by atomic mass is 35.5. The van der Waals surface area contributed by atoms with E-state index < -0.39 is 5.66 Å². The number of pyridine rings is 1. The highest BCUT2D eigenvalue weighted by Gasteiger charge is 2.54. The Morgan fingerprint density at radius 2 is 2.10 bits per heavy atom. The SMILES string of the molecule is Cc1cc(Nc2ncnc(N)c2Cl)c(=O)n2c1C(=O)NC21CCCN2CCCC21. The van der Waals surface area contributed by atoms with Gasteiger partial charge >= 0.3 is 0 Å². The van der Waals surface area contributed by atoms with Gasteiger partial charge in [-0.1, -0.05) is 11.6 Å². The van der Waals surface area contributed by atoms with Crippen molar-refractivity contribution in [2.24, 2.45) is 0 Å². The molecule has 0 aliphatic carbocycles. The third kappa shape index (κ3) is 2.57. The van der Waals surface area contributed by atoms with Crippen molar-refractivity contribution < 1.29 is 4.79 Å². The number of rotatable bonds is 2. The van der Waals surface area contributed by atoms with Gasteiger partial charge < -0.3 is 16.4 Å². The van der Waals surface area contributed by atoms with Gasteiger partial charge in [0.05, 0.1) is 6.04 Å². The van der Waals surface area contributed by atoms with Crippen LogP contribution in [0.5, 0.6) is 0 Å². The van der Waals surface area contributed by atoms with Crippen molar-refractivity contribution in [3.05, 3.63) is 39.0 Å². The molecular weight excluding hydrogens is 394 g/mol. The van der Waals surface area contributed by atoms with Crippen LogP contribution < -0.4 is 21.9 Å². The molecule has 29 heavy (non-hydrogen) atoms. The summed E-state index contributed by atoms with van der Waals surface area (Å²) in [6.07, 6.45) is 4.96. The van der Waals surface area contributed by atoms with E-state index in [9.17, 15) is 9.59 Å². The van der Waals surface area contributed by atoms with Gasteiger partial charge in [-0.15, -0.1) is 0 Å². The van der Waals surface area contributed by atoms with E-state index in [1.165, 1.54) is 6.33 Å². The van der Waals surface area contributed by atoms with Crippen LogP contribution in [0.25, 0.3) is 0 Å². The van der Waals surface area contributed by atoms with E-state index in [1.54, 1.807) is 10.6 Å². The molecule has 1 spiro atoms. The summed E-state index contributed by atoms with van der Waals surface area (Å²) in [5.41, 5.74) is 6.22. The summed E-state index contributed by atoms with van der Waals surface area (Å²) in [5, 5.41) is 6.33. The van der Waals surface area contributed by atoms with Crippen LogP contribution in [-0.2, 0) is 5.66 Å². The molecule has 2 saturated heterocycles. The lowest BCUT2D eigenvalue weighted by Gasteiger charge is -2.45.